The highest BCUT2D eigenvalue weighted by atomic mass is 19.1. The van der Waals surface area contributed by atoms with E-state index in [1.807, 2.05) is 41.2 Å². The molecule has 1 aromatic heterocycles. The van der Waals surface area contributed by atoms with Crippen molar-refractivity contribution in [2.75, 3.05) is 18.0 Å². The van der Waals surface area contributed by atoms with Crippen LogP contribution >= 0.6 is 0 Å². The van der Waals surface area contributed by atoms with Crippen molar-refractivity contribution in [1.82, 2.24) is 15.1 Å². The third kappa shape index (κ3) is 4.32. The number of nitrogens with one attached hydrogen (secondary N) is 1. The quantitative estimate of drug-likeness (QED) is 0.680. The van der Waals surface area contributed by atoms with Crippen LogP contribution in [0.5, 0.6) is 0 Å². The summed E-state index contributed by atoms with van der Waals surface area (Å²) >= 11 is 0. The number of cyclic esters (lactones) is 1. The Balaban J connectivity index is 1.47. The maximum atomic E-state index is 14.8. The Labute approximate surface area is 173 Å². The summed E-state index contributed by atoms with van der Waals surface area (Å²) in [6, 6.07) is 14.1. The molecule has 30 heavy (non-hydrogen) atoms. The molecule has 4 rings (SSSR count). The first-order valence-electron chi connectivity index (χ1n) is 9.58. The van der Waals surface area contributed by atoms with Gasteiger partial charge in [-0.3, -0.25) is 14.4 Å². The highest BCUT2D eigenvalue weighted by Gasteiger charge is 2.32. The van der Waals surface area contributed by atoms with Gasteiger partial charge in [-0.05, 0) is 35.4 Å². The summed E-state index contributed by atoms with van der Waals surface area (Å²) < 4.78 is 21.9. The molecule has 1 saturated heterocycles. The topological polar surface area (TPSA) is 76.5 Å². The minimum absolute atomic E-state index is 0.199. The van der Waals surface area contributed by atoms with Crippen molar-refractivity contribution in [3.63, 3.8) is 0 Å². The number of rotatable bonds is 6. The summed E-state index contributed by atoms with van der Waals surface area (Å²) in [6.45, 7) is 2.51. The zero-order chi connectivity index (χ0) is 21.1. The van der Waals surface area contributed by atoms with E-state index in [2.05, 4.69) is 10.4 Å². The van der Waals surface area contributed by atoms with Crippen molar-refractivity contribution < 1.29 is 18.7 Å². The standard InChI is InChI=1S/C22H21FN4O3/c1-15(28)24-12-19-14-27(22(29)30-19)18-7-8-20(21(23)11-18)17-5-3-16(4-6-17)13-26-10-2-9-25-26/h2-11,19H,12-14H2,1H3,(H,24,28). The molecule has 8 heteroatoms. The molecule has 154 valence electrons. The summed E-state index contributed by atoms with van der Waals surface area (Å²) in [7, 11) is 0. The van der Waals surface area contributed by atoms with Gasteiger partial charge in [0.05, 0.1) is 25.3 Å². The average Bonchev–Trinajstić information content (AvgIpc) is 3.36. The Hall–Kier alpha value is -3.68. The van der Waals surface area contributed by atoms with Crippen LogP contribution in [0, 0.1) is 5.82 Å². The van der Waals surface area contributed by atoms with Crippen molar-refractivity contribution in [2.24, 2.45) is 0 Å². The molecule has 2 aromatic carbocycles. The van der Waals surface area contributed by atoms with Crippen LogP contribution in [-0.4, -0.2) is 41.0 Å². The van der Waals surface area contributed by atoms with Crippen LogP contribution < -0.4 is 10.2 Å². The number of carbonyl (C=O) groups excluding carboxylic acids is 2. The first-order valence-corrected chi connectivity index (χ1v) is 9.58. The van der Waals surface area contributed by atoms with Crippen LogP contribution in [0.3, 0.4) is 0 Å². The number of benzene rings is 2. The summed E-state index contributed by atoms with van der Waals surface area (Å²) in [5.74, 6) is -0.624. The van der Waals surface area contributed by atoms with Gasteiger partial charge in [0.25, 0.3) is 0 Å². The molecule has 0 saturated carbocycles. The Morgan fingerprint density at radius 3 is 2.73 bits per heavy atom. The van der Waals surface area contributed by atoms with Gasteiger partial charge in [0, 0.05) is 24.9 Å². The van der Waals surface area contributed by atoms with Gasteiger partial charge >= 0.3 is 6.09 Å². The van der Waals surface area contributed by atoms with E-state index in [1.54, 1.807) is 18.3 Å². The number of halogens is 1. The van der Waals surface area contributed by atoms with Crippen LogP contribution in [0.1, 0.15) is 12.5 Å². The zero-order valence-electron chi connectivity index (χ0n) is 16.4. The van der Waals surface area contributed by atoms with E-state index >= 15 is 0 Å². The molecule has 0 bridgehead atoms. The predicted octanol–water partition coefficient (Wildman–Crippen LogP) is 3.20. The van der Waals surface area contributed by atoms with Crippen LogP contribution in [0.4, 0.5) is 14.9 Å². The molecule has 7 nitrogen and oxygen atoms in total. The lowest BCUT2D eigenvalue weighted by molar-refractivity contribution is -0.119. The molecule has 0 spiro atoms. The number of hydrogen-bond acceptors (Lipinski definition) is 4. The van der Waals surface area contributed by atoms with Crippen LogP contribution in [-0.2, 0) is 16.1 Å². The number of anilines is 1. The van der Waals surface area contributed by atoms with Crippen molar-refractivity contribution >= 4 is 17.7 Å². The van der Waals surface area contributed by atoms with E-state index in [4.69, 9.17) is 4.74 Å². The Kier molecular flexibility index (Phi) is 5.47. The monoisotopic (exact) mass is 408 g/mol. The molecule has 1 unspecified atom stereocenters. The number of hydrogen-bond donors (Lipinski definition) is 1. The van der Waals surface area contributed by atoms with E-state index in [0.717, 1.165) is 11.1 Å². The Morgan fingerprint density at radius 1 is 1.27 bits per heavy atom. The molecule has 2 heterocycles. The van der Waals surface area contributed by atoms with Gasteiger partial charge in [-0.15, -0.1) is 0 Å². The molecular formula is C22H21FN4O3. The van der Waals surface area contributed by atoms with Gasteiger partial charge in [0.1, 0.15) is 11.9 Å². The maximum Gasteiger partial charge on any atom is 0.414 e. The van der Waals surface area contributed by atoms with E-state index in [-0.39, 0.29) is 19.0 Å². The van der Waals surface area contributed by atoms with Gasteiger partial charge < -0.3 is 10.1 Å². The average molecular weight is 408 g/mol. The van der Waals surface area contributed by atoms with Crippen LogP contribution in [0.15, 0.2) is 60.9 Å². The smallest absolute Gasteiger partial charge is 0.414 e. The summed E-state index contributed by atoms with van der Waals surface area (Å²) in [4.78, 5) is 24.5. The third-order valence-corrected chi connectivity index (χ3v) is 4.89. The van der Waals surface area contributed by atoms with Crippen molar-refractivity contribution in [3.8, 4) is 11.1 Å². The zero-order valence-corrected chi connectivity index (χ0v) is 16.4. The molecule has 1 atom stereocenters. The lowest BCUT2D eigenvalue weighted by Gasteiger charge is -2.15. The number of carbonyl (C=O) groups is 2. The number of nitrogens with zero attached hydrogens (tertiary/aromatic N) is 3. The SMILES string of the molecule is CC(=O)NCC1CN(c2ccc(-c3ccc(Cn4cccn4)cc3)c(F)c2)C(=O)O1. The second kappa shape index (κ2) is 8.36. The fraction of sp³-hybridized carbons (Fsp3) is 0.227. The fourth-order valence-corrected chi connectivity index (χ4v) is 3.37. The van der Waals surface area contributed by atoms with Gasteiger partial charge in [-0.1, -0.05) is 24.3 Å². The normalized spacial score (nSPS) is 15.9. The predicted molar refractivity (Wildman–Crippen MR) is 109 cm³/mol. The highest BCUT2D eigenvalue weighted by Crippen LogP contribution is 2.29. The lowest BCUT2D eigenvalue weighted by Crippen LogP contribution is -2.33. The molecule has 1 aliphatic heterocycles. The lowest BCUT2D eigenvalue weighted by atomic mass is 10.0. The largest absolute Gasteiger partial charge is 0.442 e. The van der Waals surface area contributed by atoms with Gasteiger partial charge in [0.15, 0.2) is 0 Å². The minimum atomic E-state index is -0.555. The van der Waals surface area contributed by atoms with Crippen molar-refractivity contribution in [1.29, 1.82) is 0 Å². The van der Waals surface area contributed by atoms with E-state index < -0.39 is 18.0 Å². The first-order chi connectivity index (χ1) is 14.5. The number of amides is 2. The molecule has 1 fully saturated rings. The number of ether oxygens (including phenoxy) is 1. The number of aromatic nitrogens is 2. The van der Waals surface area contributed by atoms with Gasteiger partial charge in [-0.2, -0.15) is 5.10 Å². The molecule has 3 aromatic rings. The fourth-order valence-electron chi connectivity index (χ4n) is 3.37. The van der Waals surface area contributed by atoms with Crippen molar-refractivity contribution in [3.05, 3.63) is 72.3 Å². The van der Waals surface area contributed by atoms with E-state index in [9.17, 15) is 14.0 Å². The van der Waals surface area contributed by atoms with E-state index in [0.29, 0.717) is 17.8 Å². The summed E-state index contributed by atoms with van der Waals surface area (Å²) in [5, 5.41) is 6.80. The first kappa shape index (κ1) is 19.6. The highest BCUT2D eigenvalue weighted by molar-refractivity contribution is 5.90. The Bertz CT molecular complexity index is 1050. The van der Waals surface area contributed by atoms with Gasteiger partial charge in [-0.25, -0.2) is 9.18 Å². The molecule has 0 radical (unpaired) electrons. The molecule has 2 amide bonds. The third-order valence-electron chi connectivity index (χ3n) is 4.89. The molecule has 1 N–H and O–H groups in total. The second-order valence-corrected chi connectivity index (χ2v) is 7.12. The maximum absolute atomic E-state index is 14.8. The molecular weight excluding hydrogens is 387 g/mol. The van der Waals surface area contributed by atoms with Crippen LogP contribution in [0.2, 0.25) is 0 Å². The van der Waals surface area contributed by atoms with E-state index in [1.165, 1.54) is 17.9 Å². The summed E-state index contributed by atoms with van der Waals surface area (Å²) in [6.07, 6.45) is 2.59. The van der Waals surface area contributed by atoms with Gasteiger partial charge in [0.2, 0.25) is 5.91 Å². The van der Waals surface area contributed by atoms with Crippen LogP contribution in [0.25, 0.3) is 11.1 Å². The van der Waals surface area contributed by atoms with Crippen molar-refractivity contribution in [2.45, 2.75) is 19.6 Å². The molecule has 1 aliphatic rings. The summed E-state index contributed by atoms with van der Waals surface area (Å²) in [5.41, 5.74) is 2.67. The molecule has 0 aliphatic carbocycles. The Morgan fingerprint density at radius 2 is 2.07 bits per heavy atom. The second-order valence-electron chi connectivity index (χ2n) is 7.12. The minimum Gasteiger partial charge on any atom is -0.442 e.